The Bertz CT molecular complexity index is 704. The van der Waals surface area contributed by atoms with E-state index in [4.69, 9.17) is 16.3 Å². The van der Waals surface area contributed by atoms with E-state index in [0.717, 1.165) is 17.2 Å². The van der Waals surface area contributed by atoms with Crippen molar-refractivity contribution >= 4 is 17.3 Å². The number of halogens is 2. The van der Waals surface area contributed by atoms with E-state index in [2.05, 4.69) is 0 Å². The SMILES string of the molecule is Cc1ccc(Oc2cc(C)c([N+](=O)[O-])cc2F)c(CCl)c1. The third-order valence-corrected chi connectivity index (χ3v) is 3.31. The Labute approximate surface area is 126 Å². The molecule has 2 aromatic carbocycles. The lowest BCUT2D eigenvalue weighted by Crippen LogP contribution is -1.97. The molecule has 0 saturated heterocycles. The number of hydrogen-bond acceptors (Lipinski definition) is 3. The summed E-state index contributed by atoms with van der Waals surface area (Å²) in [5, 5.41) is 10.8. The predicted octanol–water partition coefficient (Wildman–Crippen LogP) is 4.88. The molecule has 0 unspecified atom stereocenters. The number of nitrogens with zero attached hydrogens (tertiary/aromatic N) is 1. The van der Waals surface area contributed by atoms with Crippen molar-refractivity contribution in [2.24, 2.45) is 0 Å². The summed E-state index contributed by atoms with van der Waals surface area (Å²) in [6, 6.07) is 7.54. The minimum atomic E-state index is -0.784. The summed E-state index contributed by atoms with van der Waals surface area (Å²) in [4.78, 5) is 10.1. The van der Waals surface area contributed by atoms with Crippen LogP contribution in [-0.2, 0) is 5.88 Å². The maximum Gasteiger partial charge on any atom is 0.275 e. The topological polar surface area (TPSA) is 52.4 Å². The van der Waals surface area contributed by atoms with Crippen molar-refractivity contribution in [2.45, 2.75) is 19.7 Å². The fraction of sp³-hybridized carbons (Fsp3) is 0.200. The molecule has 0 bridgehead atoms. The molecule has 4 nitrogen and oxygen atoms in total. The summed E-state index contributed by atoms with van der Waals surface area (Å²) in [5.74, 6) is -0.186. The first kappa shape index (κ1) is 15.3. The van der Waals surface area contributed by atoms with E-state index in [1.165, 1.54) is 13.0 Å². The zero-order valence-corrected chi connectivity index (χ0v) is 12.3. The molecule has 0 heterocycles. The van der Waals surface area contributed by atoms with Crippen LogP contribution >= 0.6 is 11.6 Å². The molecule has 0 aliphatic rings. The van der Waals surface area contributed by atoms with Gasteiger partial charge >= 0.3 is 0 Å². The van der Waals surface area contributed by atoms with Crippen LogP contribution in [0.25, 0.3) is 0 Å². The second kappa shape index (κ2) is 6.10. The highest BCUT2D eigenvalue weighted by Crippen LogP contribution is 2.32. The number of rotatable bonds is 4. The molecule has 2 aromatic rings. The number of ether oxygens (including phenoxy) is 1. The Balaban J connectivity index is 2.41. The minimum Gasteiger partial charge on any atom is -0.454 e. The molecule has 0 aliphatic carbocycles. The summed E-state index contributed by atoms with van der Waals surface area (Å²) >= 11 is 5.85. The van der Waals surface area contributed by atoms with Crippen LogP contribution in [0.5, 0.6) is 11.5 Å². The smallest absolute Gasteiger partial charge is 0.275 e. The average molecular weight is 310 g/mol. The third-order valence-electron chi connectivity index (χ3n) is 3.03. The van der Waals surface area contributed by atoms with Gasteiger partial charge in [0.2, 0.25) is 0 Å². The van der Waals surface area contributed by atoms with Crippen LogP contribution in [0, 0.1) is 29.8 Å². The van der Waals surface area contributed by atoms with Gasteiger partial charge in [-0.2, -0.15) is 0 Å². The zero-order chi connectivity index (χ0) is 15.6. The van der Waals surface area contributed by atoms with E-state index < -0.39 is 10.7 Å². The Morgan fingerprint density at radius 3 is 2.57 bits per heavy atom. The lowest BCUT2D eigenvalue weighted by molar-refractivity contribution is -0.385. The Morgan fingerprint density at radius 2 is 1.95 bits per heavy atom. The molecule has 0 saturated carbocycles. The molecule has 6 heteroatoms. The molecule has 110 valence electrons. The number of hydrogen-bond donors (Lipinski definition) is 0. The molecule has 0 amide bonds. The third kappa shape index (κ3) is 3.31. The number of nitro groups is 1. The zero-order valence-electron chi connectivity index (χ0n) is 11.5. The molecule has 0 aromatic heterocycles. The van der Waals surface area contributed by atoms with Gasteiger partial charge in [0.25, 0.3) is 5.69 Å². The highest BCUT2D eigenvalue weighted by atomic mass is 35.5. The van der Waals surface area contributed by atoms with Gasteiger partial charge in [0.1, 0.15) is 5.75 Å². The lowest BCUT2D eigenvalue weighted by Gasteiger charge is -2.11. The number of alkyl halides is 1. The second-order valence-electron chi connectivity index (χ2n) is 4.67. The fourth-order valence-corrected chi connectivity index (χ4v) is 2.16. The van der Waals surface area contributed by atoms with Gasteiger partial charge in [-0.3, -0.25) is 10.1 Å². The van der Waals surface area contributed by atoms with E-state index >= 15 is 0 Å². The molecule has 0 radical (unpaired) electrons. The Kier molecular flexibility index (Phi) is 4.43. The van der Waals surface area contributed by atoms with Crippen LogP contribution < -0.4 is 4.74 Å². The molecule has 21 heavy (non-hydrogen) atoms. The fourth-order valence-electron chi connectivity index (χ4n) is 1.95. The maximum absolute atomic E-state index is 13.9. The standard InChI is InChI=1S/C15H13ClFNO3/c1-9-3-4-14(11(5-9)8-16)21-15-6-10(2)13(18(19)20)7-12(15)17/h3-7H,8H2,1-2H3. The average Bonchev–Trinajstić information content (AvgIpc) is 2.43. The van der Waals surface area contributed by atoms with Crippen molar-refractivity contribution in [3.05, 3.63) is 63.0 Å². The van der Waals surface area contributed by atoms with Crippen LogP contribution in [0.2, 0.25) is 0 Å². The Morgan fingerprint density at radius 1 is 1.24 bits per heavy atom. The summed E-state index contributed by atoms with van der Waals surface area (Å²) < 4.78 is 19.4. The minimum absolute atomic E-state index is 0.0617. The molecule has 0 aliphatic heterocycles. The number of aryl methyl sites for hydroxylation is 2. The molecule has 0 N–H and O–H groups in total. The quantitative estimate of drug-likeness (QED) is 0.459. The Hall–Kier alpha value is -2.14. The lowest BCUT2D eigenvalue weighted by atomic mass is 10.1. The van der Waals surface area contributed by atoms with E-state index in [9.17, 15) is 14.5 Å². The first-order valence-electron chi connectivity index (χ1n) is 6.20. The van der Waals surface area contributed by atoms with E-state index in [0.29, 0.717) is 11.3 Å². The van der Waals surface area contributed by atoms with Gasteiger partial charge in [0, 0.05) is 11.1 Å². The van der Waals surface area contributed by atoms with Gasteiger partial charge in [-0.05, 0) is 26.0 Å². The summed E-state index contributed by atoms with van der Waals surface area (Å²) in [6.45, 7) is 3.44. The molecular weight excluding hydrogens is 297 g/mol. The maximum atomic E-state index is 13.9. The first-order chi connectivity index (χ1) is 9.92. The van der Waals surface area contributed by atoms with Gasteiger partial charge < -0.3 is 4.74 Å². The molecular formula is C15H13ClFNO3. The van der Waals surface area contributed by atoms with Crippen LogP contribution in [0.4, 0.5) is 10.1 Å². The predicted molar refractivity (Wildman–Crippen MR) is 78.6 cm³/mol. The summed E-state index contributed by atoms with van der Waals surface area (Å²) in [6.07, 6.45) is 0. The highest BCUT2D eigenvalue weighted by molar-refractivity contribution is 6.17. The van der Waals surface area contributed by atoms with Crippen LogP contribution in [-0.4, -0.2) is 4.92 Å². The first-order valence-corrected chi connectivity index (χ1v) is 6.73. The molecule has 0 fully saturated rings. The number of nitro benzene ring substituents is 1. The highest BCUT2D eigenvalue weighted by Gasteiger charge is 2.17. The largest absolute Gasteiger partial charge is 0.454 e. The van der Waals surface area contributed by atoms with Crippen molar-refractivity contribution in [2.75, 3.05) is 0 Å². The van der Waals surface area contributed by atoms with E-state index in [1.54, 1.807) is 6.07 Å². The van der Waals surface area contributed by atoms with Gasteiger partial charge in [-0.1, -0.05) is 17.7 Å². The molecule has 2 rings (SSSR count). The summed E-state index contributed by atoms with van der Waals surface area (Å²) in [7, 11) is 0. The summed E-state index contributed by atoms with van der Waals surface area (Å²) in [5.41, 5.74) is 1.79. The van der Waals surface area contributed by atoms with Crippen molar-refractivity contribution in [3.63, 3.8) is 0 Å². The number of benzene rings is 2. The molecule has 0 atom stereocenters. The van der Waals surface area contributed by atoms with Crippen molar-refractivity contribution < 1.29 is 14.1 Å². The van der Waals surface area contributed by atoms with Crippen LogP contribution in [0.3, 0.4) is 0 Å². The van der Waals surface area contributed by atoms with E-state index in [-0.39, 0.29) is 17.3 Å². The van der Waals surface area contributed by atoms with Crippen molar-refractivity contribution in [1.29, 1.82) is 0 Å². The van der Waals surface area contributed by atoms with Crippen molar-refractivity contribution in [3.8, 4) is 11.5 Å². The van der Waals surface area contributed by atoms with Gasteiger partial charge in [-0.15, -0.1) is 11.6 Å². The monoisotopic (exact) mass is 309 g/mol. The van der Waals surface area contributed by atoms with Crippen LogP contribution in [0.1, 0.15) is 16.7 Å². The van der Waals surface area contributed by atoms with E-state index in [1.807, 2.05) is 19.1 Å². The normalized spacial score (nSPS) is 10.5. The van der Waals surface area contributed by atoms with Gasteiger partial charge in [-0.25, -0.2) is 4.39 Å². The molecule has 0 spiro atoms. The second-order valence-corrected chi connectivity index (χ2v) is 4.94. The van der Waals surface area contributed by atoms with Crippen molar-refractivity contribution in [1.82, 2.24) is 0 Å². The van der Waals surface area contributed by atoms with Crippen LogP contribution in [0.15, 0.2) is 30.3 Å². The van der Waals surface area contributed by atoms with Gasteiger partial charge in [0.15, 0.2) is 11.6 Å². The van der Waals surface area contributed by atoms with Gasteiger partial charge in [0.05, 0.1) is 16.9 Å².